The molecule has 3 aliphatic heterocycles. The van der Waals surface area contributed by atoms with Gasteiger partial charge in [-0.3, -0.25) is 9.59 Å². The number of fused-ring (bicyclic) bond motifs is 1. The summed E-state index contributed by atoms with van der Waals surface area (Å²) in [6.45, 7) is 3.57. The molecule has 3 heterocycles. The third kappa shape index (κ3) is 3.88. The van der Waals surface area contributed by atoms with Gasteiger partial charge in [0, 0.05) is 25.6 Å². The highest BCUT2D eigenvalue weighted by Crippen LogP contribution is 2.33. The van der Waals surface area contributed by atoms with Gasteiger partial charge in [0.1, 0.15) is 5.75 Å². The predicted molar refractivity (Wildman–Crippen MR) is 108 cm³/mol. The average molecular weight is 386 g/mol. The average Bonchev–Trinajstić information content (AvgIpc) is 3.13. The predicted octanol–water partition coefficient (Wildman–Crippen LogP) is 2.43. The third-order valence-electron chi connectivity index (χ3n) is 6.64. The molecule has 0 bridgehead atoms. The van der Waals surface area contributed by atoms with Gasteiger partial charge in [0.2, 0.25) is 11.8 Å². The number of nitrogens with zero attached hydrogens (tertiary/aromatic N) is 2. The third-order valence-corrected chi connectivity index (χ3v) is 6.64. The van der Waals surface area contributed by atoms with Gasteiger partial charge in [-0.1, -0.05) is 18.6 Å². The molecule has 28 heavy (non-hydrogen) atoms. The number of piperidine rings is 2. The standard InChI is InChI=1S/C22H31N3O3/c1-28-20-10-3-2-9-19(20)25-15-17(13-21(25)26)22(27)23-14-16-7-6-12-24-11-5-4-8-18(16)24/h2-3,9-10,16-18H,4-8,11-15H2,1H3,(H,23,27)/t16-,17-,18-/m1/s1. The molecule has 3 atom stereocenters. The van der Waals surface area contributed by atoms with E-state index in [2.05, 4.69) is 10.2 Å². The molecule has 3 fully saturated rings. The summed E-state index contributed by atoms with van der Waals surface area (Å²) >= 11 is 0. The fourth-order valence-electron chi connectivity index (χ4n) is 5.16. The van der Waals surface area contributed by atoms with E-state index in [9.17, 15) is 9.59 Å². The topological polar surface area (TPSA) is 61.9 Å². The van der Waals surface area contributed by atoms with E-state index in [1.165, 1.54) is 45.2 Å². The number of benzene rings is 1. The lowest BCUT2D eigenvalue weighted by atomic mass is 9.83. The number of amides is 2. The van der Waals surface area contributed by atoms with E-state index < -0.39 is 0 Å². The number of carbonyl (C=O) groups is 2. The molecule has 1 aromatic carbocycles. The van der Waals surface area contributed by atoms with Crippen molar-refractivity contribution < 1.29 is 14.3 Å². The zero-order valence-corrected chi connectivity index (χ0v) is 16.7. The summed E-state index contributed by atoms with van der Waals surface area (Å²) in [7, 11) is 1.60. The van der Waals surface area contributed by atoms with Crippen LogP contribution in [0.3, 0.4) is 0 Å². The second-order valence-corrected chi connectivity index (χ2v) is 8.32. The molecule has 6 nitrogen and oxygen atoms in total. The van der Waals surface area contributed by atoms with Gasteiger partial charge in [0.15, 0.2) is 0 Å². The van der Waals surface area contributed by atoms with Crippen LogP contribution in [-0.4, -0.2) is 56.0 Å². The molecular formula is C22H31N3O3. The SMILES string of the molecule is COc1ccccc1N1C[C@H](C(=O)NC[C@H]2CCCN3CCCC[C@H]23)CC1=O. The van der Waals surface area contributed by atoms with Gasteiger partial charge in [0.25, 0.3) is 0 Å². The first-order valence-electron chi connectivity index (χ1n) is 10.6. The zero-order valence-electron chi connectivity index (χ0n) is 16.7. The molecule has 0 spiro atoms. The van der Waals surface area contributed by atoms with Crippen molar-refractivity contribution in [3.05, 3.63) is 24.3 Å². The molecule has 2 amide bonds. The van der Waals surface area contributed by atoms with Crippen LogP contribution in [0.15, 0.2) is 24.3 Å². The van der Waals surface area contributed by atoms with Gasteiger partial charge in [-0.15, -0.1) is 0 Å². The van der Waals surface area contributed by atoms with Crippen molar-refractivity contribution in [3.8, 4) is 5.75 Å². The van der Waals surface area contributed by atoms with Gasteiger partial charge < -0.3 is 19.9 Å². The van der Waals surface area contributed by atoms with E-state index in [0.29, 0.717) is 24.3 Å². The molecule has 0 unspecified atom stereocenters. The number of rotatable bonds is 5. The number of hydrogen-bond acceptors (Lipinski definition) is 4. The van der Waals surface area contributed by atoms with Crippen LogP contribution in [0.1, 0.15) is 38.5 Å². The molecule has 1 aromatic rings. The van der Waals surface area contributed by atoms with Crippen molar-refractivity contribution in [2.45, 2.75) is 44.6 Å². The van der Waals surface area contributed by atoms with Crippen LogP contribution < -0.4 is 15.0 Å². The Bertz CT molecular complexity index is 721. The van der Waals surface area contributed by atoms with Crippen LogP contribution in [0.5, 0.6) is 5.75 Å². The Morgan fingerprint density at radius 3 is 2.86 bits per heavy atom. The largest absolute Gasteiger partial charge is 0.495 e. The maximum absolute atomic E-state index is 12.8. The van der Waals surface area contributed by atoms with E-state index in [0.717, 1.165) is 12.2 Å². The summed E-state index contributed by atoms with van der Waals surface area (Å²) in [5, 5.41) is 3.17. The fourth-order valence-corrected chi connectivity index (χ4v) is 5.16. The van der Waals surface area contributed by atoms with E-state index in [-0.39, 0.29) is 24.2 Å². The molecule has 0 aromatic heterocycles. The molecule has 0 radical (unpaired) electrons. The van der Waals surface area contributed by atoms with Crippen LogP contribution in [0.25, 0.3) is 0 Å². The summed E-state index contributed by atoms with van der Waals surface area (Å²) in [5.41, 5.74) is 0.746. The highest BCUT2D eigenvalue weighted by atomic mass is 16.5. The van der Waals surface area contributed by atoms with E-state index in [1.807, 2.05) is 24.3 Å². The molecule has 0 saturated carbocycles. The number of nitrogens with one attached hydrogen (secondary N) is 1. The van der Waals surface area contributed by atoms with Crippen molar-refractivity contribution in [2.24, 2.45) is 11.8 Å². The maximum Gasteiger partial charge on any atom is 0.227 e. The summed E-state index contributed by atoms with van der Waals surface area (Å²) in [6.07, 6.45) is 6.54. The van der Waals surface area contributed by atoms with E-state index in [1.54, 1.807) is 12.0 Å². The van der Waals surface area contributed by atoms with E-state index >= 15 is 0 Å². The highest BCUT2D eigenvalue weighted by Gasteiger charge is 2.37. The summed E-state index contributed by atoms with van der Waals surface area (Å²) < 4.78 is 5.38. The van der Waals surface area contributed by atoms with Crippen molar-refractivity contribution in [1.82, 2.24) is 10.2 Å². The molecule has 6 heteroatoms. The summed E-state index contributed by atoms with van der Waals surface area (Å²) in [5.74, 6) is 0.917. The normalized spacial score (nSPS) is 28.1. The molecule has 3 aliphatic rings. The van der Waals surface area contributed by atoms with Crippen LogP contribution in [-0.2, 0) is 9.59 Å². The lowest BCUT2D eigenvalue weighted by Crippen LogP contribution is -2.51. The smallest absolute Gasteiger partial charge is 0.227 e. The number of hydrogen-bond donors (Lipinski definition) is 1. The van der Waals surface area contributed by atoms with Gasteiger partial charge in [-0.05, 0) is 56.8 Å². The molecule has 4 rings (SSSR count). The Balaban J connectivity index is 1.35. The Morgan fingerprint density at radius 1 is 1.18 bits per heavy atom. The van der Waals surface area contributed by atoms with Gasteiger partial charge >= 0.3 is 0 Å². The van der Waals surface area contributed by atoms with Crippen molar-refractivity contribution in [3.63, 3.8) is 0 Å². The lowest BCUT2D eigenvalue weighted by molar-refractivity contribution is -0.126. The van der Waals surface area contributed by atoms with Crippen molar-refractivity contribution in [2.75, 3.05) is 38.2 Å². The van der Waals surface area contributed by atoms with Crippen LogP contribution in [0, 0.1) is 11.8 Å². The van der Waals surface area contributed by atoms with Crippen molar-refractivity contribution in [1.29, 1.82) is 0 Å². The Hall–Kier alpha value is -2.08. The zero-order chi connectivity index (χ0) is 19.5. The fraction of sp³-hybridized carbons (Fsp3) is 0.636. The van der Waals surface area contributed by atoms with Gasteiger partial charge in [-0.2, -0.15) is 0 Å². The monoisotopic (exact) mass is 385 g/mol. The minimum atomic E-state index is -0.288. The maximum atomic E-state index is 12.8. The minimum absolute atomic E-state index is 0.0127. The summed E-state index contributed by atoms with van der Waals surface area (Å²) in [6, 6.07) is 8.10. The lowest BCUT2D eigenvalue weighted by Gasteiger charge is -2.44. The van der Waals surface area contributed by atoms with Crippen LogP contribution in [0.2, 0.25) is 0 Å². The molecule has 0 aliphatic carbocycles. The van der Waals surface area contributed by atoms with Crippen LogP contribution >= 0.6 is 0 Å². The number of anilines is 1. The van der Waals surface area contributed by atoms with Gasteiger partial charge in [-0.25, -0.2) is 0 Å². The Kier molecular flexibility index (Phi) is 5.85. The Morgan fingerprint density at radius 2 is 2.00 bits per heavy atom. The molecular weight excluding hydrogens is 354 g/mol. The first kappa shape index (κ1) is 19.2. The number of ether oxygens (including phenoxy) is 1. The molecule has 1 N–H and O–H groups in total. The quantitative estimate of drug-likeness (QED) is 0.846. The highest BCUT2D eigenvalue weighted by molar-refractivity contribution is 6.01. The number of para-hydroxylation sites is 2. The Labute approximate surface area is 167 Å². The molecule has 3 saturated heterocycles. The second kappa shape index (κ2) is 8.52. The first-order chi connectivity index (χ1) is 13.7. The van der Waals surface area contributed by atoms with E-state index in [4.69, 9.17) is 4.74 Å². The number of methoxy groups -OCH3 is 1. The first-order valence-corrected chi connectivity index (χ1v) is 10.6. The van der Waals surface area contributed by atoms with Crippen molar-refractivity contribution >= 4 is 17.5 Å². The van der Waals surface area contributed by atoms with Crippen LogP contribution in [0.4, 0.5) is 5.69 Å². The second-order valence-electron chi connectivity index (χ2n) is 8.32. The molecule has 152 valence electrons. The minimum Gasteiger partial charge on any atom is -0.495 e. The number of carbonyl (C=O) groups excluding carboxylic acids is 2. The van der Waals surface area contributed by atoms with Gasteiger partial charge in [0.05, 0.1) is 18.7 Å². The summed E-state index contributed by atoms with van der Waals surface area (Å²) in [4.78, 5) is 29.6.